The minimum atomic E-state index is -0.229. The van der Waals surface area contributed by atoms with E-state index in [2.05, 4.69) is 12.1 Å². The van der Waals surface area contributed by atoms with Crippen molar-refractivity contribution in [1.82, 2.24) is 4.98 Å². The van der Waals surface area contributed by atoms with Crippen LogP contribution in [-0.4, -0.2) is 30.4 Å². The number of carbonyl (C=O) groups excluding carboxylic acids is 2. The van der Waals surface area contributed by atoms with Crippen molar-refractivity contribution in [1.29, 1.82) is 0 Å². The molecule has 1 saturated carbocycles. The van der Waals surface area contributed by atoms with E-state index >= 15 is 0 Å². The Hall–Kier alpha value is -2.99. The van der Waals surface area contributed by atoms with E-state index in [-0.39, 0.29) is 23.7 Å². The van der Waals surface area contributed by atoms with Gasteiger partial charge in [0.15, 0.2) is 5.13 Å². The van der Waals surface area contributed by atoms with E-state index in [0.29, 0.717) is 5.13 Å². The summed E-state index contributed by atoms with van der Waals surface area (Å²) in [5.74, 6) is 0.305. The fourth-order valence-electron chi connectivity index (χ4n) is 4.36. The Morgan fingerprint density at radius 2 is 1.94 bits per heavy atom. The molecule has 1 aliphatic carbocycles. The molecule has 1 aliphatic heterocycles. The Kier molecular flexibility index (Phi) is 5.55. The average Bonchev–Trinajstić information content (AvgIpc) is 3.58. The van der Waals surface area contributed by atoms with E-state index in [0.717, 1.165) is 54.7 Å². The largest absolute Gasteiger partial charge is 0.312 e. The van der Waals surface area contributed by atoms with Crippen molar-refractivity contribution in [2.75, 3.05) is 23.4 Å². The van der Waals surface area contributed by atoms with Crippen LogP contribution in [0.5, 0.6) is 0 Å². The Morgan fingerprint density at radius 1 is 1.16 bits per heavy atom. The molecular formula is C26H27N3O2S. The molecule has 0 N–H and O–H groups in total. The molecule has 1 fully saturated rings. The molecule has 0 radical (unpaired) electrons. The monoisotopic (exact) mass is 445 g/mol. The molecule has 1 aromatic heterocycles. The first-order chi connectivity index (χ1) is 15.5. The summed E-state index contributed by atoms with van der Waals surface area (Å²) in [5, 5.41) is 2.69. The van der Waals surface area contributed by atoms with Crippen LogP contribution in [0.4, 0.5) is 10.8 Å². The highest BCUT2D eigenvalue weighted by atomic mass is 32.1. The van der Waals surface area contributed by atoms with Crippen molar-refractivity contribution in [3.63, 3.8) is 0 Å². The molecule has 1 atom stereocenters. The molecule has 0 bridgehead atoms. The lowest BCUT2D eigenvalue weighted by Gasteiger charge is -2.30. The predicted molar refractivity (Wildman–Crippen MR) is 129 cm³/mol. The van der Waals surface area contributed by atoms with Gasteiger partial charge in [-0.2, -0.15) is 0 Å². The van der Waals surface area contributed by atoms with Crippen LogP contribution in [0, 0.1) is 5.92 Å². The standard InChI is InChI=1S/C26H27N3O2S/c1-17(18-7-4-3-5-8-18)24(30)28(2)26-27-22(16-32-26)20-12-13-23-21(15-20)9-6-14-29(23)25(31)19-10-11-19/h3-5,7-8,12-13,15-17,19H,6,9-11,14H2,1-2H3/t17-/m1/s1. The maximum absolute atomic E-state index is 13.0. The van der Waals surface area contributed by atoms with Crippen molar-refractivity contribution in [2.24, 2.45) is 5.92 Å². The number of anilines is 2. The second kappa shape index (κ2) is 8.51. The zero-order valence-electron chi connectivity index (χ0n) is 18.5. The highest BCUT2D eigenvalue weighted by molar-refractivity contribution is 7.14. The number of carbonyl (C=O) groups is 2. The highest BCUT2D eigenvalue weighted by Gasteiger charge is 2.35. The summed E-state index contributed by atoms with van der Waals surface area (Å²) in [6.07, 6.45) is 4.02. The summed E-state index contributed by atoms with van der Waals surface area (Å²) in [7, 11) is 1.79. The molecule has 2 aromatic carbocycles. The van der Waals surface area contributed by atoms with Gasteiger partial charge in [-0.25, -0.2) is 4.98 Å². The number of fused-ring (bicyclic) bond motifs is 1. The topological polar surface area (TPSA) is 53.5 Å². The van der Waals surface area contributed by atoms with Crippen molar-refractivity contribution >= 4 is 34.0 Å². The van der Waals surface area contributed by atoms with Gasteiger partial charge in [0.1, 0.15) is 0 Å². The van der Waals surface area contributed by atoms with E-state index in [1.807, 2.05) is 53.6 Å². The maximum atomic E-state index is 13.0. The number of benzene rings is 2. The third kappa shape index (κ3) is 3.95. The van der Waals surface area contributed by atoms with Crippen LogP contribution in [0.1, 0.15) is 43.2 Å². The summed E-state index contributed by atoms with van der Waals surface area (Å²) < 4.78 is 0. The second-order valence-electron chi connectivity index (χ2n) is 8.76. The first-order valence-corrected chi connectivity index (χ1v) is 12.1. The van der Waals surface area contributed by atoms with Gasteiger partial charge in [-0.1, -0.05) is 36.4 Å². The SMILES string of the molecule is C[C@@H](C(=O)N(C)c1nc(-c2ccc3c(c2)CCCN3C(=O)C2CC2)cs1)c1ccccc1. The summed E-state index contributed by atoms with van der Waals surface area (Å²) in [6.45, 7) is 2.75. The lowest BCUT2D eigenvalue weighted by molar-refractivity contribution is -0.120. The molecule has 164 valence electrons. The Bertz CT molecular complexity index is 1150. The lowest BCUT2D eigenvalue weighted by atomic mass is 9.98. The minimum Gasteiger partial charge on any atom is -0.312 e. The van der Waals surface area contributed by atoms with E-state index in [4.69, 9.17) is 4.98 Å². The van der Waals surface area contributed by atoms with Gasteiger partial charge in [-0.15, -0.1) is 11.3 Å². The van der Waals surface area contributed by atoms with Gasteiger partial charge in [0.05, 0.1) is 11.6 Å². The first-order valence-electron chi connectivity index (χ1n) is 11.3. The predicted octanol–water partition coefficient (Wildman–Crippen LogP) is 5.27. The molecule has 0 unspecified atom stereocenters. The van der Waals surface area contributed by atoms with Crippen LogP contribution in [0.15, 0.2) is 53.9 Å². The Balaban J connectivity index is 1.35. The van der Waals surface area contributed by atoms with Crippen molar-refractivity contribution in [3.8, 4) is 11.3 Å². The molecular weight excluding hydrogens is 418 g/mol. The van der Waals surface area contributed by atoms with Crippen molar-refractivity contribution < 1.29 is 9.59 Å². The molecule has 5 rings (SSSR count). The summed E-state index contributed by atoms with van der Waals surface area (Å²) in [6, 6.07) is 16.1. The highest BCUT2D eigenvalue weighted by Crippen LogP contribution is 2.38. The number of thiazole rings is 1. The molecule has 2 heterocycles. The maximum Gasteiger partial charge on any atom is 0.235 e. The van der Waals surface area contributed by atoms with Crippen molar-refractivity contribution in [2.45, 2.75) is 38.5 Å². The average molecular weight is 446 g/mol. The van der Waals surface area contributed by atoms with Crippen LogP contribution in [0.3, 0.4) is 0 Å². The number of likely N-dealkylation sites (N-methyl/N-ethyl adjacent to an activating group) is 1. The smallest absolute Gasteiger partial charge is 0.235 e. The van der Waals surface area contributed by atoms with Crippen LogP contribution in [0.25, 0.3) is 11.3 Å². The van der Waals surface area contributed by atoms with Gasteiger partial charge in [0, 0.05) is 36.1 Å². The van der Waals surface area contributed by atoms with Gasteiger partial charge in [-0.3, -0.25) is 14.5 Å². The fourth-order valence-corrected chi connectivity index (χ4v) is 5.16. The van der Waals surface area contributed by atoms with E-state index in [1.54, 1.807) is 11.9 Å². The molecule has 0 saturated heterocycles. The van der Waals surface area contributed by atoms with Gasteiger partial charge in [-0.05, 0) is 55.9 Å². The fraction of sp³-hybridized carbons (Fsp3) is 0.346. The second-order valence-corrected chi connectivity index (χ2v) is 9.59. The van der Waals surface area contributed by atoms with Crippen LogP contribution < -0.4 is 9.80 Å². The third-order valence-corrected chi connectivity index (χ3v) is 7.38. The van der Waals surface area contributed by atoms with Crippen molar-refractivity contribution in [3.05, 3.63) is 65.0 Å². The quantitative estimate of drug-likeness (QED) is 0.538. The minimum absolute atomic E-state index is 0.0248. The Morgan fingerprint density at radius 3 is 2.69 bits per heavy atom. The zero-order chi connectivity index (χ0) is 22.2. The summed E-state index contributed by atoms with van der Waals surface area (Å²) in [5.41, 5.74) is 5.16. The van der Waals surface area contributed by atoms with Gasteiger partial charge >= 0.3 is 0 Å². The third-order valence-electron chi connectivity index (χ3n) is 6.47. The number of rotatable bonds is 5. The first kappa shape index (κ1) is 20.9. The number of amides is 2. The van der Waals surface area contributed by atoms with Crippen LogP contribution >= 0.6 is 11.3 Å². The van der Waals surface area contributed by atoms with Gasteiger partial charge in [0.25, 0.3) is 0 Å². The number of aryl methyl sites for hydroxylation is 1. The molecule has 32 heavy (non-hydrogen) atoms. The zero-order valence-corrected chi connectivity index (χ0v) is 19.3. The number of hydrogen-bond donors (Lipinski definition) is 0. The molecule has 3 aromatic rings. The lowest BCUT2D eigenvalue weighted by Crippen LogP contribution is -2.36. The number of hydrogen-bond acceptors (Lipinski definition) is 4. The van der Waals surface area contributed by atoms with Crippen LogP contribution in [-0.2, 0) is 16.0 Å². The van der Waals surface area contributed by atoms with E-state index < -0.39 is 0 Å². The van der Waals surface area contributed by atoms with Crippen LogP contribution in [0.2, 0.25) is 0 Å². The number of nitrogens with zero attached hydrogens (tertiary/aromatic N) is 3. The number of aromatic nitrogens is 1. The molecule has 2 amide bonds. The Labute approximate surface area is 192 Å². The van der Waals surface area contributed by atoms with E-state index in [1.165, 1.54) is 16.9 Å². The molecule has 0 spiro atoms. The molecule has 5 nitrogen and oxygen atoms in total. The summed E-state index contributed by atoms with van der Waals surface area (Å²) >= 11 is 1.48. The summed E-state index contributed by atoms with van der Waals surface area (Å²) in [4.78, 5) is 34.0. The molecule has 6 heteroatoms. The van der Waals surface area contributed by atoms with Gasteiger partial charge in [0.2, 0.25) is 11.8 Å². The van der Waals surface area contributed by atoms with E-state index in [9.17, 15) is 9.59 Å². The normalized spacial score (nSPS) is 16.4. The van der Waals surface area contributed by atoms with Gasteiger partial charge < -0.3 is 4.90 Å². The molecule has 2 aliphatic rings.